The molecule has 0 atom stereocenters. The molecular formula is C23H23N5O4S. The predicted molar refractivity (Wildman–Crippen MR) is 126 cm³/mol. The number of benzene rings is 2. The molecule has 0 bridgehead atoms. The molecule has 1 amide bonds. The van der Waals surface area contributed by atoms with Gasteiger partial charge in [-0.25, -0.2) is 15.4 Å². The van der Waals surface area contributed by atoms with Crippen molar-refractivity contribution < 1.29 is 14.5 Å². The van der Waals surface area contributed by atoms with Crippen molar-refractivity contribution in [3.63, 3.8) is 0 Å². The summed E-state index contributed by atoms with van der Waals surface area (Å²) in [4.78, 5) is 31.5. The van der Waals surface area contributed by atoms with Crippen LogP contribution in [0.4, 0.5) is 5.69 Å². The Morgan fingerprint density at radius 2 is 1.88 bits per heavy atom. The minimum absolute atomic E-state index is 0.0336. The van der Waals surface area contributed by atoms with Gasteiger partial charge in [0.15, 0.2) is 11.8 Å². The van der Waals surface area contributed by atoms with Crippen molar-refractivity contribution in [1.82, 2.24) is 15.4 Å². The van der Waals surface area contributed by atoms with Crippen LogP contribution < -0.4 is 10.2 Å². The Morgan fingerprint density at radius 1 is 1.18 bits per heavy atom. The number of amides is 1. The second-order valence-electron chi connectivity index (χ2n) is 7.97. The molecule has 9 nitrogen and oxygen atoms in total. The summed E-state index contributed by atoms with van der Waals surface area (Å²) in [5.74, 6) is 0.127. The van der Waals surface area contributed by atoms with Gasteiger partial charge in [0, 0.05) is 24.0 Å². The molecule has 3 rings (SSSR count). The molecule has 33 heavy (non-hydrogen) atoms. The fourth-order valence-corrected chi connectivity index (χ4v) is 3.49. The van der Waals surface area contributed by atoms with Crippen LogP contribution in [0.1, 0.15) is 31.9 Å². The van der Waals surface area contributed by atoms with E-state index in [4.69, 9.17) is 4.74 Å². The van der Waals surface area contributed by atoms with Gasteiger partial charge in [0.25, 0.3) is 11.6 Å². The van der Waals surface area contributed by atoms with E-state index in [0.29, 0.717) is 21.4 Å². The van der Waals surface area contributed by atoms with E-state index in [2.05, 4.69) is 41.3 Å². The van der Waals surface area contributed by atoms with E-state index in [1.807, 2.05) is 24.3 Å². The number of hydrazone groups is 1. The SMILES string of the molecule is CC(C)(C)c1ccc(OCC(=O)NN=Cc2ccc(Sc3ncccn3)c([N+](=O)[O-])c2)cc1. The highest BCUT2D eigenvalue weighted by molar-refractivity contribution is 7.99. The molecule has 0 saturated carbocycles. The van der Waals surface area contributed by atoms with Crippen molar-refractivity contribution in [3.8, 4) is 5.75 Å². The van der Waals surface area contributed by atoms with Gasteiger partial charge in [0.2, 0.25) is 0 Å². The molecule has 0 radical (unpaired) electrons. The number of carbonyl (C=O) groups is 1. The van der Waals surface area contributed by atoms with E-state index in [1.165, 1.54) is 17.8 Å². The van der Waals surface area contributed by atoms with Gasteiger partial charge < -0.3 is 4.74 Å². The van der Waals surface area contributed by atoms with E-state index in [9.17, 15) is 14.9 Å². The minimum atomic E-state index is -0.486. The number of rotatable bonds is 8. The molecule has 0 spiro atoms. The van der Waals surface area contributed by atoms with Crippen molar-refractivity contribution in [1.29, 1.82) is 0 Å². The van der Waals surface area contributed by atoms with E-state index < -0.39 is 10.8 Å². The first-order chi connectivity index (χ1) is 15.7. The number of nitro groups is 1. The molecule has 0 aliphatic rings. The van der Waals surface area contributed by atoms with Crippen LogP contribution in [-0.4, -0.2) is 33.6 Å². The van der Waals surface area contributed by atoms with Crippen LogP contribution >= 0.6 is 11.8 Å². The van der Waals surface area contributed by atoms with Crippen LogP contribution in [-0.2, 0) is 10.2 Å². The third-order valence-corrected chi connectivity index (χ3v) is 5.37. The fourth-order valence-electron chi connectivity index (χ4n) is 2.69. The lowest BCUT2D eigenvalue weighted by Gasteiger charge is -2.19. The topological polar surface area (TPSA) is 120 Å². The van der Waals surface area contributed by atoms with E-state index in [1.54, 1.807) is 30.6 Å². The molecule has 0 aliphatic carbocycles. The second kappa shape index (κ2) is 10.7. The summed E-state index contributed by atoms with van der Waals surface area (Å²) >= 11 is 1.09. The molecule has 1 aromatic heterocycles. The average Bonchev–Trinajstić information content (AvgIpc) is 2.79. The van der Waals surface area contributed by atoms with Crippen molar-refractivity contribution in [2.24, 2.45) is 5.10 Å². The summed E-state index contributed by atoms with van der Waals surface area (Å²) in [5, 5.41) is 15.7. The summed E-state index contributed by atoms with van der Waals surface area (Å²) < 4.78 is 5.47. The van der Waals surface area contributed by atoms with Crippen molar-refractivity contribution in [2.45, 2.75) is 36.2 Å². The van der Waals surface area contributed by atoms with Crippen LogP contribution in [0.5, 0.6) is 5.75 Å². The molecule has 0 fully saturated rings. The third kappa shape index (κ3) is 7.11. The van der Waals surface area contributed by atoms with Gasteiger partial charge in [-0.1, -0.05) is 39.0 Å². The molecule has 170 valence electrons. The maximum absolute atomic E-state index is 12.0. The van der Waals surface area contributed by atoms with Crippen LogP contribution in [0.3, 0.4) is 0 Å². The quantitative estimate of drug-likeness (QED) is 0.227. The number of hydrogen-bond acceptors (Lipinski definition) is 8. The molecule has 10 heteroatoms. The van der Waals surface area contributed by atoms with Gasteiger partial charge in [-0.2, -0.15) is 5.10 Å². The smallest absolute Gasteiger partial charge is 0.283 e. The predicted octanol–water partition coefficient (Wildman–Crippen LogP) is 4.36. The summed E-state index contributed by atoms with van der Waals surface area (Å²) in [6.45, 7) is 6.14. The first-order valence-corrected chi connectivity index (χ1v) is 10.8. The van der Waals surface area contributed by atoms with Gasteiger partial charge in [-0.05, 0) is 47.0 Å². The first kappa shape index (κ1) is 23.9. The van der Waals surface area contributed by atoms with Crippen LogP contribution in [0.25, 0.3) is 0 Å². The molecule has 0 saturated heterocycles. The van der Waals surface area contributed by atoms with Crippen LogP contribution in [0.15, 0.2) is 76.1 Å². The highest BCUT2D eigenvalue weighted by Gasteiger charge is 2.16. The standard InChI is InChI=1S/C23H23N5O4S/c1-23(2,3)17-6-8-18(9-7-17)32-15-21(29)27-26-14-16-5-10-20(19(13-16)28(30)31)33-22-24-11-4-12-25-22/h4-14H,15H2,1-3H3,(H,27,29). The Balaban J connectivity index is 1.56. The lowest BCUT2D eigenvalue weighted by molar-refractivity contribution is -0.387. The molecule has 1 N–H and O–H groups in total. The van der Waals surface area contributed by atoms with Gasteiger partial charge >= 0.3 is 0 Å². The number of nitrogens with zero attached hydrogens (tertiary/aromatic N) is 4. The molecule has 0 aliphatic heterocycles. The highest BCUT2D eigenvalue weighted by atomic mass is 32.2. The zero-order valence-corrected chi connectivity index (χ0v) is 19.2. The van der Waals surface area contributed by atoms with Crippen LogP contribution in [0, 0.1) is 10.1 Å². The van der Waals surface area contributed by atoms with Crippen molar-refractivity contribution >= 4 is 29.6 Å². The summed E-state index contributed by atoms with van der Waals surface area (Å²) in [6, 6.07) is 13.8. The van der Waals surface area contributed by atoms with E-state index in [0.717, 1.165) is 11.8 Å². The number of carbonyl (C=O) groups excluding carboxylic acids is 1. The fraction of sp³-hybridized carbons (Fsp3) is 0.217. The summed E-state index contributed by atoms with van der Waals surface area (Å²) in [5.41, 5.74) is 3.90. The second-order valence-corrected chi connectivity index (χ2v) is 8.98. The molecule has 0 unspecified atom stereocenters. The minimum Gasteiger partial charge on any atom is -0.484 e. The maximum Gasteiger partial charge on any atom is 0.283 e. The monoisotopic (exact) mass is 465 g/mol. The number of aromatic nitrogens is 2. The Morgan fingerprint density at radius 3 is 2.52 bits per heavy atom. The third-order valence-electron chi connectivity index (χ3n) is 4.42. The maximum atomic E-state index is 12.0. The van der Waals surface area contributed by atoms with Gasteiger partial charge in [0.1, 0.15) is 5.75 Å². The lowest BCUT2D eigenvalue weighted by atomic mass is 9.87. The average molecular weight is 466 g/mol. The zero-order chi connectivity index (χ0) is 23.8. The van der Waals surface area contributed by atoms with Crippen LogP contribution in [0.2, 0.25) is 0 Å². The molecule has 1 heterocycles. The van der Waals surface area contributed by atoms with Gasteiger partial charge in [-0.3, -0.25) is 14.9 Å². The van der Waals surface area contributed by atoms with Gasteiger partial charge in [-0.15, -0.1) is 0 Å². The lowest BCUT2D eigenvalue weighted by Crippen LogP contribution is -2.24. The highest BCUT2D eigenvalue weighted by Crippen LogP contribution is 2.33. The molecule has 2 aromatic carbocycles. The van der Waals surface area contributed by atoms with Gasteiger partial charge in [0.05, 0.1) is 16.0 Å². The summed E-state index contributed by atoms with van der Waals surface area (Å²) in [7, 11) is 0. The Labute approximate surface area is 195 Å². The van der Waals surface area contributed by atoms with Crippen molar-refractivity contribution in [3.05, 3.63) is 82.2 Å². The Hall–Kier alpha value is -3.79. The van der Waals surface area contributed by atoms with E-state index in [-0.39, 0.29) is 17.7 Å². The largest absolute Gasteiger partial charge is 0.484 e. The normalized spacial score (nSPS) is 11.4. The van der Waals surface area contributed by atoms with E-state index >= 15 is 0 Å². The number of ether oxygens (including phenoxy) is 1. The number of nitro benzene ring substituents is 1. The zero-order valence-electron chi connectivity index (χ0n) is 18.4. The Kier molecular flexibility index (Phi) is 7.73. The molecular weight excluding hydrogens is 442 g/mol. The summed E-state index contributed by atoms with van der Waals surface area (Å²) in [6.07, 6.45) is 4.46. The number of hydrogen-bond donors (Lipinski definition) is 1. The number of nitrogens with one attached hydrogen (secondary N) is 1. The first-order valence-electron chi connectivity index (χ1n) is 10.0. The Bertz CT molecular complexity index is 1150. The molecule has 3 aromatic rings. The van der Waals surface area contributed by atoms with Crippen molar-refractivity contribution in [2.75, 3.05) is 6.61 Å².